The summed E-state index contributed by atoms with van der Waals surface area (Å²) in [5.41, 5.74) is 4.86. The van der Waals surface area contributed by atoms with Gasteiger partial charge >= 0.3 is 0 Å². The molecule has 0 atom stereocenters. The number of aryl methyl sites for hydroxylation is 2. The van der Waals surface area contributed by atoms with Crippen LogP contribution >= 0.6 is 0 Å². The van der Waals surface area contributed by atoms with E-state index in [4.69, 9.17) is 9.47 Å². The second kappa shape index (κ2) is 9.33. The predicted molar refractivity (Wildman–Crippen MR) is 101 cm³/mol. The third-order valence-electron chi connectivity index (χ3n) is 3.72. The van der Waals surface area contributed by atoms with E-state index in [1.54, 1.807) is 0 Å². The van der Waals surface area contributed by atoms with E-state index in [1.165, 1.54) is 36.9 Å². The van der Waals surface area contributed by atoms with Crippen LogP contribution in [0.4, 0.5) is 5.69 Å². The summed E-state index contributed by atoms with van der Waals surface area (Å²) in [5.74, 6) is 0.803. The fourth-order valence-corrected chi connectivity index (χ4v) is 2.19. The molecule has 8 heteroatoms. The van der Waals surface area contributed by atoms with Gasteiger partial charge in [0, 0.05) is 24.6 Å². The lowest BCUT2D eigenvalue weighted by molar-refractivity contribution is -0.384. The number of nitrogens with one attached hydrogen (secondary N) is 1. The van der Waals surface area contributed by atoms with Crippen LogP contribution in [-0.4, -0.2) is 30.3 Å². The van der Waals surface area contributed by atoms with Crippen molar-refractivity contribution in [2.24, 2.45) is 5.10 Å². The van der Waals surface area contributed by atoms with E-state index in [0.29, 0.717) is 17.9 Å². The number of hydrogen-bond donors (Lipinski definition) is 1. The van der Waals surface area contributed by atoms with Gasteiger partial charge in [-0.15, -0.1) is 0 Å². The fraction of sp³-hybridized carbons (Fsp3) is 0.263. The van der Waals surface area contributed by atoms with Gasteiger partial charge in [-0.05, 0) is 43.2 Å². The number of hydrogen-bond acceptors (Lipinski definition) is 6. The predicted octanol–water partition coefficient (Wildman–Crippen LogP) is 3.14. The summed E-state index contributed by atoms with van der Waals surface area (Å²) in [6, 6.07) is 9.98. The zero-order chi connectivity index (χ0) is 19.8. The number of nitrogens with zero attached hydrogens (tertiary/aromatic N) is 2. The zero-order valence-electron chi connectivity index (χ0n) is 15.4. The van der Waals surface area contributed by atoms with Gasteiger partial charge in [-0.1, -0.05) is 6.07 Å². The van der Waals surface area contributed by atoms with Crippen LogP contribution < -0.4 is 14.9 Å². The lowest BCUT2D eigenvalue weighted by Crippen LogP contribution is -2.13. The number of carbonyl (C=O) groups excluding carboxylic acids is 1. The van der Waals surface area contributed by atoms with Crippen LogP contribution in [0.25, 0.3) is 0 Å². The van der Waals surface area contributed by atoms with Crippen LogP contribution in [0.3, 0.4) is 0 Å². The summed E-state index contributed by atoms with van der Waals surface area (Å²) < 4.78 is 11.3. The normalized spacial score (nSPS) is 10.6. The zero-order valence-corrected chi connectivity index (χ0v) is 15.4. The Balaban J connectivity index is 2.01. The third-order valence-corrected chi connectivity index (χ3v) is 3.72. The Kier molecular flexibility index (Phi) is 6.87. The molecule has 0 heterocycles. The molecule has 1 N–H and O–H groups in total. The molecule has 0 aromatic heterocycles. The van der Waals surface area contributed by atoms with Crippen LogP contribution in [-0.2, 0) is 4.79 Å². The van der Waals surface area contributed by atoms with Gasteiger partial charge in [0.15, 0.2) is 0 Å². The Hall–Kier alpha value is -3.42. The number of amides is 1. The SMILES string of the molecule is CC(=O)N/N=C\c1cc([N+](=O)[O-])ccc1OCCOc1ccc(C)c(C)c1. The van der Waals surface area contributed by atoms with Crippen molar-refractivity contribution in [3.05, 3.63) is 63.2 Å². The summed E-state index contributed by atoms with van der Waals surface area (Å²) in [7, 11) is 0. The Morgan fingerprint density at radius 1 is 1.15 bits per heavy atom. The molecule has 142 valence electrons. The van der Waals surface area contributed by atoms with Crippen LogP contribution in [0, 0.1) is 24.0 Å². The Labute approximate surface area is 157 Å². The number of benzene rings is 2. The van der Waals surface area contributed by atoms with Gasteiger partial charge in [-0.25, -0.2) is 5.43 Å². The minimum absolute atomic E-state index is 0.0991. The lowest BCUT2D eigenvalue weighted by Gasteiger charge is -2.11. The minimum atomic E-state index is -0.512. The highest BCUT2D eigenvalue weighted by molar-refractivity contribution is 5.85. The summed E-state index contributed by atoms with van der Waals surface area (Å²) in [6.07, 6.45) is 1.30. The van der Waals surface area contributed by atoms with Gasteiger partial charge in [0.05, 0.1) is 11.1 Å². The molecule has 0 aliphatic carbocycles. The maximum absolute atomic E-state index is 10.9. The van der Waals surface area contributed by atoms with E-state index < -0.39 is 4.92 Å². The first-order valence-corrected chi connectivity index (χ1v) is 8.28. The van der Waals surface area contributed by atoms with Gasteiger partial charge in [0.1, 0.15) is 24.7 Å². The highest BCUT2D eigenvalue weighted by Gasteiger charge is 2.11. The first-order chi connectivity index (χ1) is 12.9. The highest BCUT2D eigenvalue weighted by atomic mass is 16.6. The first kappa shape index (κ1) is 19.9. The number of hydrazone groups is 1. The van der Waals surface area contributed by atoms with E-state index in [0.717, 1.165) is 11.3 Å². The van der Waals surface area contributed by atoms with Crippen molar-refractivity contribution in [3.63, 3.8) is 0 Å². The molecule has 1 amide bonds. The molecule has 2 rings (SSSR count). The number of ether oxygens (including phenoxy) is 2. The Morgan fingerprint density at radius 3 is 2.56 bits per heavy atom. The number of carbonyl (C=O) groups is 1. The number of nitro benzene ring substituents is 1. The van der Waals surface area contributed by atoms with Crippen molar-refractivity contribution in [1.82, 2.24) is 5.43 Å². The molecule has 0 unspecified atom stereocenters. The van der Waals surface area contributed by atoms with Crippen LogP contribution in [0.5, 0.6) is 11.5 Å². The summed E-state index contributed by atoms with van der Waals surface area (Å²) in [6.45, 7) is 5.90. The van der Waals surface area contributed by atoms with Crippen molar-refractivity contribution in [2.45, 2.75) is 20.8 Å². The van der Waals surface area contributed by atoms with Crippen molar-refractivity contribution >= 4 is 17.8 Å². The van der Waals surface area contributed by atoms with E-state index >= 15 is 0 Å². The molecule has 0 saturated heterocycles. The second-order valence-corrected chi connectivity index (χ2v) is 5.85. The fourth-order valence-electron chi connectivity index (χ4n) is 2.19. The maximum Gasteiger partial charge on any atom is 0.270 e. The standard InChI is InChI=1S/C19H21N3O5/c1-13-4-6-18(10-14(13)2)26-8-9-27-19-7-5-17(22(24)25)11-16(19)12-20-21-15(3)23/h4-7,10-12H,8-9H2,1-3H3,(H,21,23)/b20-12-. The van der Waals surface area contributed by atoms with E-state index in [9.17, 15) is 14.9 Å². The molecule has 0 radical (unpaired) electrons. The second-order valence-electron chi connectivity index (χ2n) is 5.85. The molecular weight excluding hydrogens is 350 g/mol. The van der Waals surface area contributed by atoms with Crippen molar-refractivity contribution in [3.8, 4) is 11.5 Å². The molecular formula is C19H21N3O5. The van der Waals surface area contributed by atoms with E-state index in [-0.39, 0.29) is 18.2 Å². The van der Waals surface area contributed by atoms with Crippen LogP contribution in [0.1, 0.15) is 23.6 Å². The molecule has 0 aliphatic rings. The first-order valence-electron chi connectivity index (χ1n) is 8.28. The molecule has 0 spiro atoms. The van der Waals surface area contributed by atoms with Gasteiger partial charge in [-0.2, -0.15) is 5.10 Å². The topological polar surface area (TPSA) is 103 Å². The minimum Gasteiger partial charge on any atom is -0.490 e. The van der Waals surface area contributed by atoms with Gasteiger partial charge in [0.2, 0.25) is 5.91 Å². The maximum atomic E-state index is 10.9. The molecule has 27 heavy (non-hydrogen) atoms. The molecule has 2 aromatic carbocycles. The Bertz CT molecular complexity index is 864. The van der Waals surface area contributed by atoms with Gasteiger partial charge in [-0.3, -0.25) is 14.9 Å². The molecule has 0 saturated carbocycles. The van der Waals surface area contributed by atoms with Crippen molar-refractivity contribution < 1.29 is 19.2 Å². The lowest BCUT2D eigenvalue weighted by atomic mass is 10.1. The third kappa shape index (κ3) is 6.10. The average Bonchev–Trinajstić information content (AvgIpc) is 2.62. The number of non-ortho nitro benzene ring substituents is 1. The molecule has 0 fully saturated rings. The molecule has 0 aliphatic heterocycles. The summed E-state index contributed by atoms with van der Waals surface area (Å²) >= 11 is 0. The largest absolute Gasteiger partial charge is 0.490 e. The monoisotopic (exact) mass is 371 g/mol. The van der Waals surface area contributed by atoms with E-state index in [1.807, 2.05) is 32.0 Å². The molecule has 8 nitrogen and oxygen atoms in total. The highest BCUT2D eigenvalue weighted by Crippen LogP contribution is 2.23. The molecule has 2 aromatic rings. The Morgan fingerprint density at radius 2 is 1.89 bits per heavy atom. The van der Waals surface area contributed by atoms with Crippen molar-refractivity contribution in [2.75, 3.05) is 13.2 Å². The van der Waals surface area contributed by atoms with Gasteiger partial charge in [0.25, 0.3) is 5.69 Å². The molecule has 0 bridgehead atoms. The average molecular weight is 371 g/mol. The smallest absolute Gasteiger partial charge is 0.270 e. The summed E-state index contributed by atoms with van der Waals surface area (Å²) in [4.78, 5) is 21.3. The number of rotatable bonds is 8. The van der Waals surface area contributed by atoms with Crippen LogP contribution in [0.2, 0.25) is 0 Å². The van der Waals surface area contributed by atoms with Gasteiger partial charge < -0.3 is 9.47 Å². The summed E-state index contributed by atoms with van der Waals surface area (Å²) in [5, 5.41) is 14.7. The van der Waals surface area contributed by atoms with E-state index in [2.05, 4.69) is 10.5 Å². The number of nitro groups is 1. The quantitative estimate of drug-likeness (QED) is 0.332. The van der Waals surface area contributed by atoms with Crippen LogP contribution in [0.15, 0.2) is 41.5 Å². The van der Waals surface area contributed by atoms with Crippen molar-refractivity contribution in [1.29, 1.82) is 0 Å².